The quantitative estimate of drug-likeness (QED) is 0.479. The number of aryl methyl sites for hydroxylation is 1. The van der Waals surface area contributed by atoms with Gasteiger partial charge >= 0.3 is 5.97 Å². The van der Waals surface area contributed by atoms with Crippen LogP contribution in [0.5, 0.6) is 5.75 Å². The molecule has 0 unspecified atom stereocenters. The first-order valence-electron chi connectivity index (χ1n) is 9.71. The second-order valence-corrected chi connectivity index (χ2v) is 6.91. The zero-order valence-electron chi connectivity index (χ0n) is 17.2. The van der Waals surface area contributed by atoms with Crippen LogP contribution in [0.25, 0.3) is 16.9 Å². The minimum atomic E-state index is -0.497. The number of carbonyl (C=O) groups excluding carboxylic acids is 2. The molecule has 0 saturated carbocycles. The number of ether oxygens (including phenoxy) is 2. The summed E-state index contributed by atoms with van der Waals surface area (Å²) < 4.78 is 11.8. The van der Waals surface area contributed by atoms with Crippen LogP contribution < -0.4 is 10.1 Å². The van der Waals surface area contributed by atoms with E-state index in [1.54, 1.807) is 24.3 Å². The van der Waals surface area contributed by atoms with Crippen molar-refractivity contribution in [2.75, 3.05) is 19.0 Å². The van der Waals surface area contributed by atoms with E-state index < -0.39 is 5.97 Å². The number of carbonyl (C=O) groups is 2. The Balaban J connectivity index is 1.68. The molecule has 156 valence electrons. The van der Waals surface area contributed by atoms with Crippen LogP contribution in [-0.2, 0) is 9.53 Å². The lowest BCUT2D eigenvalue weighted by Crippen LogP contribution is -2.15. The predicted octanol–water partition coefficient (Wildman–Crippen LogP) is 4.11. The van der Waals surface area contributed by atoms with Gasteiger partial charge in [0.05, 0.1) is 7.11 Å². The summed E-state index contributed by atoms with van der Waals surface area (Å²) in [4.78, 5) is 29.2. The van der Waals surface area contributed by atoms with E-state index in [1.807, 2.05) is 60.0 Å². The summed E-state index contributed by atoms with van der Waals surface area (Å²) >= 11 is 0. The number of aromatic nitrogens is 2. The van der Waals surface area contributed by atoms with Crippen LogP contribution in [0.15, 0.2) is 72.9 Å². The number of esters is 1. The first kappa shape index (κ1) is 20.2. The van der Waals surface area contributed by atoms with Gasteiger partial charge in [0.1, 0.15) is 22.9 Å². The van der Waals surface area contributed by atoms with E-state index >= 15 is 0 Å². The number of amides is 1. The molecule has 2 heterocycles. The fraction of sp³-hybridized carbons (Fsp3) is 0.125. The molecule has 7 nitrogen and oxygen atoms in total. The third-order valence-electron chi connectivity index (χ3n) is 4.80. The van der Waals surface area contributed by atoms with E-state index in [0.29, 0.717) is 22.8 Å². The lowest BCUT2D eigenvalue weighted by atomic mass is 10.1. The molecule has 0 atom stereocenters. The number of hydrogen-bond donors (Lipinski definition) is 1. The number of hydrogen-bond acceptors (Lipinski definition) is 5. The topological polar surface area (TPSA) is 81.9 Å². The summed E-state index contributed by atoms with van der Waals surface area (Å²) in [7, 11) is 1.29. The highest BCUT2D eigenvalue weighted by Crippen LogP contribution is 2.30. The third kappa shape index (κ3) is 4.25. The number of nitrogens with zero attached hydrogens (tertiary/aromatic N) is 2. The molecule has 0 spiro atoms. The standard InChI is InChI=1S/C24H21N3O4/c1-16-8-7-13-27-22(16)25-21(17-9-4-3-5-10-17)23(27)26-24(29)18-11-6-12-19(14-18)31-15-20(28)30-2/h3-14H,15H2,1-2H3,(H,26,29). The first-order valence-corrected chi connectivity index (χ1v) is 9.71. The van der Waals surface area contributed by atoms with Crippen LogP contribution in [0.4, 0.5) is 5.82 Å². The lowest BCUT2D eigenvalue weighted by molar-refractivity contribution is -0.142. The fourth-order valence-corrected chi connectivity index (χ4v) is 3.23. The summed E-state index contributed by atoms with van der Waals surface area (Å²) in [6.45, 7) is 1.75. The summed E-state index contributed by atoms with van der Waals surface area (Å²) in [5.74, 6) is 0.165. The summed E-state index contributed by atoms with van der Waals surface area (Å²) in [6, 6.07) is 20.2. The summed E-state index contributed by atoms with van der Waals surface area (Å²) in [6.07, 6.45) is 1.87. The zero-order valence-corrected chi connectivity index (χ0v) is 17.2. The van der Waals surface area contributed by atoms with Gasteiger partial charge in [0.25, 0.3) is 5.91 Å². The summed E-state index contributed by atoms with van der Waals surface area (Å²) in [5, 5.41) is 2.99. The number of fused-ring (bicyclic) bond motifs is 1. The molecule has 0 radical (unpaired) electrons. The van der Waals surface area contributed by atoms with Gasteiger partial charge in [-0.1, -0.05) is 42.5 Å². The van der Waals surface area contributed by atoms with Crippen molar-refractivity contribution in [3.63, 3.8) is 0 Å². The van der Waals surface area contributed by atoms with Crippen LogP contribution in [0, 0.1) is 6.92 Å². The Morgan fingerprint density at radius 2 is 1.84 bits per heavy atom. The molecule has 0 fully saturated rings. The average Bonchev–Trinajstić information content (AvgIpc) is 3.18. The molecule has 0 saturated heterocycles. The van der Waals surface area contributed by atoms with Gasteiger partial charge in [-0.2, -0.15) is 0 Å². The SMILES string of the molecule is COC(=O)COc1cccc(C(=O)Nc2c(-c3ccccc3)nc3c(C)cccn23)c1. The van der Waals surface area contributed by atoms with Gasteiger partial charge in [0.15, 0.2) is 6.61 Å². The fourth-order valence-electron chi connectivity index (χ4n) is 3.23. The molecule has 0 aliphatic carbocycles. The highest BCUT2D eigenvalue weighted by molar-refractivity contribution is 6.06. The minimum absolute atomic E-state index is 0.230. The third-order valence-corrected chi connectivity index (χ3v) is 4.80. The predicted molar refractivity (Wildman–Crippen MR) is 117 cm³/mol. The molecule has 0 aliphatic rings. The van der Waals surface area contributed by atoms with Crippen LogP contribution in [0.3, 0.4) is 0 Å². The van der Waals surface area contributed by atoms with E-state index in [4.69, 9.17) is 9.72 Å². The number of rotatable bonds is 6. The molecular weight excluding hydrogens is 394 g/mol. The van der Waals surface area contributed by atoms with Gasteiger partial charge in [0, 0.05) is 17.3 Å². The van der Waals surface area contributed by atoms with Gasteiger partial charge in [-0.25, -0.2) is 9.78 Å². The van der Waals surface area contributed by atoms with E-state index in [-0.39, 0.29) is 12.5 Å². The maximum Gasteiger partial charge on any atom is 0.343 e. The maximum atomic E-state index is 13.1. The molecule has 31 heavy (non-hydrogen) atoms. The van der Waals surface area contributed by atoms with Crippen LogP contribution in [0.2, 0.25) is 0 Å². The number of nitrogens with one attached hydrogen (secondary N) is 1. The maximum absolute atomic E-state index is 13.1. The van der Waals surface area contributed by atoms with Gasteiger partial charge < -0.3 is 14.8 Å². The lowest BCUT2D eigenvalue weighted by Gasteiger charge is -2.10. The van der Waals surface area contributed by atoms with Crippen molar-refractivity contribution < 1.29 is 19.1 Å². The number of methoxy groups -OCH3 is 1. The van der Waals surface area contributed by atoms with Crippen molar-refractivity contribution >= 4 is 23.3 Å². The van der Waals surface area contributed by atoms with E-state index in [9.17, 15) is 9.59 Å². The Morgan fingerprint density at radius 1 is 1.03 bits per heavy atom. The van der Waals surface area contributed by atoms with Crippen molar-refractivity contribution in [3.05, 3.63) is 84.1 Å². The molecule has 0 aliphatic heterocycles. The molecule has 4 rings (SSSR count). The van der Waals surface area contributed by atoms with Crippen molar-refractivity contribution in [3.8, 4) is 17.0 Å². The van der Waals surface area contributed by atoms with Gasteiger partial charge in [-0.05, 0) is 36.8 Å². The van der Waals surface area contributed by atoms with Crippen molar-refractivity contribution in [1.82, 2.24) is 9.38 Å². The minimum Gasteiger partial charge on any atom is -0.482 e. The van der Waals surface area contributed by atoms with E-state index in [2.05, 4.69) is 10.1 Å². The Morgan fingerprint density at radius 3 is 2.61 bits per heavy atom. The summed E-state index contributed by atoms with van der Waals surface area (Å²) in [5.41, 5.74) is 3.74. The van der Waals surface area contributed by atoms with E-state index in [1.165, 1.54) is 7.11 Å². The Hall–Kier alpha value is -4.13. The highest BCUT2D eigenvalue weighted by atomic mass is 16.6. The van der Waals surface area contributed by atoms with E-state index in [0.717, 1.165) is 16.8 Å². The smallest absolute Gasteiger partial charge is 0.343 e. The van der Waals surface area contributed by atoms with Crippen LogP contribution >= 0.6 is 0 Å². The normalized spacial score (nSPS) is 10.6. The first-order chi connectivity index (χ1) is 15.1. The van der Waals surface area contributed by atoms with Gasteiger partial charge in [-0.3, -0.25) is 9.20 Å². The van der Waals surface area contributed by atoms with Crippen molar-refractivity contribution in [2.45, 2.75) is 6.92 Å². The second-order valence-electron chi connectivity index (χ2n) is 6.91. The number of imidazole rings is 1. The number of benzene rings is 2. The van der Waals surface area contributed by atoms with Gasteiger partial charge in [0.2, 0.25) is 0 Å². The molecule has 2 aromatic carbocycles. The molecule has 4 aromatic rings. The number of anilines is 1. The van der Waals surface area contributed by atoms with Crippen molar-refractivity contribution in [1.29, 1.82) is 0 Å². The van der Waals surface area contributed by atoms with Crippen LogP contribution in [-0.4, -0.2) is 35.0 Å². The van der Waals surface area contributed by atoms with Gasteiger partial charge in [-0.15, -0.1) is 0 Å². The highest BCUT2D eigenvalue weighted by Gasteiger charge is 2.18. The van der Waals surface area contributed by atoms with Crippen molar-refractivity contribution in [2.24, 2.45) is 0 Å². The largest absolute Gasteiger partial charge is 0.482 e. The Bertz CT molecular complexity index is 1250. The monoisotopic (exact) mass is 415 g/mol. The Kier molecular flexibility index (Phi) is 5.66. The second kappa shape index (κ2) is 8.71. The molecular formula is C24H21N3O4. The molecule has 1 amide bonds. The molecule has 1 N–H and O–H groups in total. The molecule has 0 bridgehead atoms. The molecule has 2 aromatic heterocycles. The Labute approximate surface area is 179 Å². The van der Waals surface area contributed by atoms with Crippen LogP contribution in [0.1, 0.15) is 15.9 Å². The average molecular weight is 415 g/mol. The zero-order chi connectivity index (χ0) is 21.8. The molecule has 7 heteroatoms. The number of pyridine rings is 1.